The number of hydrogen-bond donors (Lipinski definition) is 2. The van der Waals surface area contributed by atoms with Crippen molar-refractivity contribution in [1.82, 2.24) is 0 Å². The lowest BCUT2D eigenvalue weighted by atomic mass is 9.79. The van der Waals surface area contributed by atoms with Crippen LogP contribution in [0.15, 0.2) is 18.2 Å². The molecule has 2 unspecified atom stereocenters. The zero-order valence-electron chi connectivity index (χ0n) is 13.6. The first-order valence-electron chi connectivity index (χ1n) is 8.58. The molecule has 21 heavy (non-hydrogen) atoms. The second-order valence-corrected chi connectivity index (χ2v) is 6.78. The highest BCUT2D eigenvalue weighted by molar-refractivity contribution is 5.32. The highest BCUT2D eigenvalue weighted by atomic mass is 16.3. The molecule has 2 nitrogen and oxygen atoms in total. The van der Waals surface area contributed by atoms with Crippen LogP contribution < -0.4 is 5.73 Å². The molecule has 0 radical (unpaired) electrons. The molecule has 0 aliphatic heterocycles. The zero-order valence-corrected chi connectivity index (χ0v) is 13.6. The third-order valence-electron chi connectivity index (χ3n) is 5.26. The van der Waals surface area contributed by atoms with Gasteiger partial charge in [0.25, 0.3) is 0 Å². The molecule has 0 amide bonds. The van der Waals surface area contributed by atoms with E-state index in [0.29, 0.717) is 12.5 Å². The lowest BCUT2D eigenvalue weighted by Gasteiger charge is -2.31. The van der Waals surface area contributed by atoms with Gasteiger partial charge < -0.3 is 10.8 Å². The van der Waals surface area contributed by atoms with Gasteiger partial charge in [-0.15, -0.1) is 0 Å². The smallest absolute Gasteiger partial charge is 0.0648 e. The molecule has 0 aromatic heterocycles. The van der Waals surface area contributed by atoms with E-state index in [1.54, 1.807) is 0 Å². The van der Waals surface area contributed by atoms with Gasteiger partial charge in [0.2, 0.25) is 0 Å². The van der Waals surface area contributed by atoms with Crippen molar-refractivity contribution in [3.05, 3.63) is 34.9 Å². The third kappa shape index (κ3) is 4.31. The first-order valence-corrected chi connectivity index (χ1v) is 8.58. The fraction of sp³-hybridized carbons (Fsp3) is 0.684. The second kappa shape index (κ2) is 7.95. The molecule has 2 atom stereocenters. The Kier molecular flexibility index (Phi) is 6.25. The molecule has 0 bridgehead atoms. The molecule has 1 aromatic rings. The van der Waals surface area contributed by atoms with Crippen LogP contribution in [-0.4, -0.2) is 17.8 Å². The van der Waals surface area contributed by atoms with Gasteiger partial charge in [-0.3, -0.25) is 0 Å². The highest BCUT2D eigenvalue weighted by Crippen LogP contribution is 2.32. The SMILES string of the molecule is Cc1ccc(C(CN)C(O)C2CCCCCCC2)cc1C. The van der Waals surface area contributed by atoms with E-state index in [9.17, 15) is 5.11 Å². The van der Waals surface area contributed by atoms with Gasteiger partial charge >= 0.3 is 0 Å². The van der Waals surface area contributed by atoms with E-state index in [4.69, 9.17) is 5.73 Å². The predicted octanol–water partition coefficient (Wildman–Crippen LogP) is 4.07. The Morgan fingerprint density at radius 1 is 1.05 bits per heavy atom. The van der Waals surface area contributed by atoms with E-state index in [0.717, 1.165) is 12.8 Å². The van der Waals surface area contributed by atoms with Crippen molar-refractivity contribution >= 4 is 0 Å². The van der Waals surface area contributed by atoms with Crippen LogP contribution in [0.4, 0.5) is 0 Å². The first-order chi connectivity index (χ1) is 10.1. The summed E-state index contributed by atoms with van der Waals surface area (Å²) >= 11 is 0. The maximum atomic E-state index is 10.9. The van der Waals surface area contributed by atoms with Crippen molar-refractivity contribution in [1.29, 1.82) is 0 Å². The molecule has 2 rings (SSSR count). The van der Waals surface area contributed by atoms with Crippen molar-refractivity contribution < 1.29 is 5.11 Å². The highest BCUT2D eigenvalue weighted by Gasteiger charge is 2.28. The van der Waals surface area contributed by atoms with Gasteiger partial charge in [0, 0.05) is 12.5 Å². The van der Waals surface area contributed by atoms with Crippen LogP contribution in [0.1, 0.15) is 67.6 Å². The van der Waals surface area contributed by atoms with Crippen LogP contribution in [0.5, 0.6) is 0 Å². The first kappa shape index (κ1) is 16.5. The van der Waals surface area contributed by atoms with Gasteiger partial charge in [0.1, 0.15) is 0 Å². The van der Waals surface area contributed by atoms with Crippen molar-refractivity contribution in [2.75, 3.05) is 6.54 Å². The van der Waals surface area contributed by atoms with Gasteiger partial charge in [-0.05, 0) is 49.3 Å². The minimum absolute atomic E-state index is 0.0775. The Labute approximate surface area is 129 Å². The summed E-state index contributed by atoms with van der Waals surface area (Å²) in [5.74, 6) is 0.495. The molecule has 1 saturated carbocycles. The number of nitrogens with two attached hydrogens (primary N) is 1. The Hall–Kier alpha value is -0.860. The van der Waals surface area contributed by atoms with Gasteiger partial charge in [0.15, 0.2) is 0 Å². The number of aliphatic hydroxyl groups is 1. The molecule has 3 N–H and O–H groups in total. The van der Waals surface area contributed by atoms with Crippen LogP contribution in [0.2, 0.25) is 0 Å². The summed E-state index contributed by atoms with van der Waals surface area (Å²) in [6.45, 7) is 4.79. The van der Waals surface area contributed by atoms with Crippen LogP contribution >= 0.6 is 0 Å². The molecule has 2 heteroatoms. The second-order valence-electron chi connectivity index (χ2n) is 6.78. The third-order valence-corrected chi connectivity index (χ3v) is 5.26. The lowest BCUT2D eigenvalue weighted by Crippen LogP contribution is -2.33. The van der Waals surface area contributed by atoms with Crippen LogP contribution in [0.3, 0.4) is 0 Å². The van der Waals surface area contributed by atoms with E-state index < -0.39 is 0 Å². The van der Waals surface area contributed by atoms with Crippen molar-refractivity contribution in [3.8, 4) is 0 Å². The molecule has 1 aliphatic carbocycles. The van der Waals surface area contributed by atoms with Crippen molar-refractivity contribution in [2.24, 2.45) is 11.7 Å². The Morgan fingerprint density at radius 3 is 2.24 bits per heavy atom. The van der Waals surface area contributed by atoms with Crippen LogP contribution in [0, 0.1) is 19.8 Å². The molecule has 0 saturated heterocycles. The maximum Gasteiger partial charge on any atom is 0.0648 e. The van der Waals surface area contributed by atoms with E-state index in [1.165, 1.54) is 48.8 Å². The minimum atomic E-state index is -0.296. The minimum Gasteiger partial charge on any atom is -0.392 e. The van der Waals surface area contributed by atoms with E-state index in [1.807, 2.05) is 0 Å². The lowest BCUT2D eigenvalue weighted by molar-refractivity contribution is 0.0679. The number of aliphatic hydroxyl groups excluding tert-OH is 1. The van der Waals surface area contributed by atoms with Crippen LogP contribution in [-0.2, 0) is 0 Å². The molecule has 118 valence electrons. The summed E-state index contributed by atoms with van der Waals surface area (Å²) in [5, 5.41) is 10.9. The molecular weight excluding hydrogens is 258 g/mol. The number of aryl methyl sites for hydroxylation is 2. The Bertz CT molecular complexity index is 435. The summed E-state index contributed by atoms with van der Waals surface area (Å²) in [4.78, 5) is 0. The van der Waals surface area contributed by atoms with Gasteiger partial charge in [-0.1, -0.05) is 50.3 Å². The van der Waals surface area contributed by atoms with Gasteiger partial charge in [0.05, 0.1) is 6.10 Å². The number of benzene rings is 1. The standard InChI is InChI=1S/C19H31NO/c1-14-10-11-17(12-15(14)2)18(13-20)19(21)16-8-6-4-3-5-7-9-16/h10-12,16,18-19,21H,3-9,13,20H2,1-2H3. The summed E-state index contributed by atoms with van der Waals surface area (Å²) in [6.07, 6.45) is 8.53. The maximum absolute atomic E-state index is 10.9. The van der Waals surface area contributed by atoms with Crippen molar-refractivity contribution in [2.45, 2.75) is 70.8 Å². The molecule has 0 heterocycles. The summed E-state index contributed by atoms with van der Waals surface area (Å²) in [6, 6.07) is 6.50. The largest absolute Gasteiger partial charge is 0.392 e. The molecule has 1 aromatic carbocycles. The van der Waals surface area contributed by atoms with Gasteiger partial charge in [-0.25, -0.2) is 0 Å². The summed E-state index contributed by atoms with van der Waals surface area (Å²) in [5.41, 5.74) is 9.80. The van der Waals surface area contributed by atoms with Crippen molar-refractivity contribution in [3.63, 3.8) is 0 Å². The average molecular weight is 289 g/mol. The normalized spacial score (nSPS) is 20.6. The predicted molar refractivity (Wildman–Crippen MR) is 89.5 cm³/mol. The fourth-order valence-electron chi connectivity index (χ4n) is 3.63. The zero-order chi connectivity index (χ0) is 15.2. The van der Waals surface area contributed by atoms with E-state index in [2.05, 4.69) is 32.0 Å². The van der Waals surface area contributed by atoms with E-state index in [-0.39, 0.29) is 12.0 Å². The average Bonchev–Trinajstić information content (AvgIpc) is 2.43. The number of rotatable bonds is 4. The topological polar surface area (TPSA) is 46.2 Å². The molecule has 1 fully saturated rings. The van der Waals surface area contributed by atoms with Crippen LogP contribution in [0.25, 0.3) is 0 Å². The van der Waals surface area contributed by atoms with E-state index >= 15 is 0 Å². The van der Waals surface area contributed by atoms with Gasteiger partial charge in [-0.2, -0.15) is 0 Å². The molecule has 1 aliphatic rings. The fourth-order valence-corrected chi connectivity index (χ4v) is 3.63. The molecule has 0 spiro atoms. The Morgan fingerprint density at radius 2 is 1.67 bits per heavy atom. The Balaban J connectivity index is 2.12. The summed E-state index contributed by atoms with van der Waals surface area (Å²) in [7, 11) is 0. The summed E-state index contributed by atoms with van der Waals surface area (Å²) < 4.78 is 0. The molecular formula is C19H31NO. The monoisotopic (exact) mass is 289 g/mol. The number of hydrogen-bond acceptors (Lipinski definition) is 2. The quantitative estimate of drug-likeness (QED) is 0.877.